The van der Waals surface area contributed by atoms with Gasteiger partial charge in [0.1, 0.15) is 41.9 Å². The normalized spacial score (nSPS) is 20.9. The summed E-state index contributed by atoms with van der Waals surface area (Å²) in [5, 5.41) is 29.3. The molecular weight excluding hydrogens is 755 g/mol. The number of carbonyl (C=O) groups excluding carboxylic acids is 2. The van der Waals surface area contributed by atoms with Crippen LogP contribution in [0.5, 0.6) is 5.75 Å². The second-order valence-corrected chi connectivity index (χ2v) is 16.0. The predicted octanol–water partition coefficient (Wildman–Crippen LogP) is 6.41. The van der Waals surface area contributed by atoms with E-state index in [2.05, 4.69) is 22.1 Å². The Hall–Kier alpha value is -4.10. The molecule has 1 aliphatic rings. The van der Waals surface area contributed by atoms with E-state index in [9.17, 15) is 24.5 Å². The van der Waals surface area contributed by atoms with E-state index in [4.69, 9.17) is 33.7 Å². The zero-order valence-corrected chi connectivity index (χ0v) is 34.4. The maximum Gasteiger partial charge on any atom is 0.459 e. The number of benzene rings is 1. The molecule has 16 nitrogen and oxygen atoms in total. The van der Waals surface area contributed by atoms with Crippen molar-refractivity contribution in [1.29, 1.82) is 5.26 Å². The first-order valence-electron chi connectivity index (χ1n) is 20.1. The van der Waals surface area contributed by atoms with Gasteiger partial charge in [-0.15, -0.1) is 0 Å². The van der Waals surface area contributed by atoms with Gasteiger partial charge in [0.15, 0.2) is 11.9 Å². The van der Waals surface area contributed by atoms with E-state index in [1.807, 2.05) is 19.9 Å². The van der Waals surface area contributed by atoms with Gasteiger partial charge in [-0.1, -0.05) is 96.8 Å². The molecule has 1 fully saturated rings. The number of aliphatic hydroxyl groups is 1. The second-order valence-electron chi connectivity index (χ2n) is 14.3. The van der Waals surface area contributed by atoms with Gasteiger partial charge in [-0.05, 0) is 43.5 Å². The van der Waals surface area contributed by atoms with Crippen LogP contribution in [0.4, 0.5) is 5.82 Å². The Morgan fingerprint density at radius 1 is 1.05 bits per heavy atom. The third-order valence-electron chi connectivity index (χ3n) is 10.0. The van der Waals surface area contributed by atoms with Gasteiger partial charge < -0.3 is 34.3 Å². The number of rotatable bonds is 26. The van der Waals surface area contributed by atoms with E-state index >= 15 is 0 Å². The summed E-state index contributed by atoms with van der Waals surface area (Å²) in [5.74, 6) is -0.950. The molecule has 4 N–H and O–H groups in total. The van der Waals surface area contributed by atoms with Crippen molar-refractivity contribution in [3.63, 3.8) is 0 Å². The van der Waals surface area contributed by atoms with Crippen LogP contribution in [-0.2, 0) is 43.2 Å². The molecule has 17 heteroatoms. The molecule has 0 bridgehead atoms. The molecular formula is C40H59N6O10P. The summed E-state index contributed by atoms with van der Waals surface area (Å²) < 4.78 is 50.6. The molecule has 1 saturated heterocycles. The Morgan fingerprint density at radius 2 is 1.75 bits per heavy atom. The highest BCUT2D eigenvalue weighted by molar-refractivity contribution is 7.52. The van der Waals surface area contributed by atoms with Gasteiger partial charge in [0.25, 0.3) is 0 Å². The summed E-state index contributed by atoms with van der Waals surface area (Å²) in [6.45, 7) is 7.80. The molecule has 6 atom stereocenters. The van der Waals surface area contributed by atoms with Gasteiger partial charge in [0.2, 0.25) is 5.60 Å². The highest BCUT2D eigenvalue weighted by Gasteiger charge is 2.60. The largest absolute Gasteiger partial charge is 0.464 e. The third kappa shape index (κ3) is 12.7. The Balaban J connectivity index is 1.50. The van der Waals surface area contributed by atoms with Crippen molar-refractivity contribution >= 4 is 31.0 Å². The lowest BCUT2D eigenvalue weighted by molar-refractivity contribution is -0.157. The quantitative estimate of drug-likeness (QED) is 0.0453. The fraction of sp³-hybridized carbons (Fsp3) is 0.625. The Kier molecular flexibility index (Phi) is 18.2. The molecule has 0 spiro atoms. The highest BCUT2D eigenvalue weighted by atomic mass is 31.2. The number of nitrogens with one attached hydrogen (secondary N) is 1. The number of aliphatic hydroxyl groups excluding tert-OH is 1. The topological polar surface area (TPSA) is 219 Å². The molecule has 3 aromatic rings. The van der Waals surface area contributed by atoms with Crippen LogP contribution in [0, 0.1) is 17.2 Å². The zero-order valence-electron chi connectivity index (χ0n) is 33.5. The van der Waals surface area contributed by atoms with Crippen molar-refractivity contribution in [3.05, 3.63) is 54.5 Å². The monoisotopic (exact) mass is 814 g/mol. The minimum atomic E-state index is -4.44. The van der Waals surface area contributed by atoms with Crippen LogP contribution in [0.25, 0.3) is 5.52 Å². The molecule has 1 unspecified atom stereocenters. The van der Waals surface area contributed by atoms with E-state index in [0.29, 0.717) is 12.1 Å². The number of nitrogens with zero attached hydrogens (tertiary/aromatic N) is 4. The molecule has 3 heterocycles. The van der Waals surface area contributed by atoms with E-state index in [1.54, 1.807) is 36.4 Å². The van der Waals surface area contributed by atoms with Crippen molar-refractivity contribution in [1.82, 2.24) is 19.7 Å². The highest BCUT2D eigenvalue weighted by Crippen LogP contribution is 2.48. The number of nitrogens with two attached hydrogens (primary N) is 1. The van der Waals surface area contributed by atoms with E-state index in [-0.39, 0.29) is 42.8 Å². The van der Waals surface area contributed by atoms with Crippen LogP contribution in [-0.4, -0.2) is 82.4 Å². The first-order valence-corrected chi connectivity index (χ1v) is 21.6. The fourth-order valence-corrected chi connectivity index (χ4v) is 8.00. The maximum absolute atomic E-state index is 14.4. The number of hydrogen-bond acceptors (Lipinski definition) is 14. The molecule has 0 amide bonds. The molecule has 314 valence electrons. The number of ether oxygens (including phenoxy) is 4. The van der Waals surface area contributed by atoms with E-state index in [1.165, 1.54) is 55.9 Å². The molecule has 1 aromatic carbocycles. The average Bonchev–Trinajstić information content (AvgIpc) is 3.76. The standard InChI is InChI=1S/C40H59N6O10P/c1-5-8-9-10-11-12-13-17-23-51-24-22-35(47)54-36-33(55-40(27-41,37(36)48)34-21-20-32-38(42)43-28-44-46(32)34)26-53-57(50,56-31-18-15-14-16-19-31)45-29(4)39(49)52-25-30(6-2)7-3/h14-16,18-21,28-30,33,36-37,48H,5-13,17,22-26H2,1-4H3,(H,45,50)(H2,42,43,44)/t29-,33-,36-,37-,40+,57?/m1/s1. The molecule has 57 heavy (non-hydrogen) atoms. The average molecular weight is 815 g/mol. The minimum absolute atomic E-state index is 0.0783. The number of nitrogen functional groups attached to an aromatic ring is 1. The Morgan fingerprint density at radius 3 is 2.44 bits per heavy atom. The smallest absolute Gasteiger partial charge is 0.459 e. The second kappa shape index (κ2) is 22.7. The summed E-state index contributed by atoms with van der Waals surface area (Å²) in [5.41, 5.74) is 4.30. The van der Waals surface area contributed by atoms with Gasteiger partial charge in [0.05, 0.1) is 31.9 Å². The first-order chi connectivity index (χ1) is 27.5. The third-order valence-corrected chi connectivity index (χ3v) is 11.7. The Bertz CT molecular complexity index is 1790. The number of hydrogen-bond donors (Lipinski definition) is 3. The van der Waals surface area contributed by atoms with Gasteiger partial charge in [-0.3, -0.25) is 14.1 Å². The number of esters is 2. The van der Waals surface area contributed by atoms with Crippen LogP contribution in [0.2, 0.25) is 0 Å². The lowest BCUT2D eigenvalue weighted by Gasteiger charge is -2.26. The van der Waals surface area contributed by atoms with Crippen LogP contribution in [0.3, 0.4) is 0 Å². The molecule has 0 aliphatic carbocycles. The number of anilines is 1. The number of carbonyl (C=O) groups is 2. The van der Waals surface area contributed by atoms with Crippen molar-refractivity contribution in [2.24, 2.45) is 5.92 Å². The van der Waals surface area contributed by atoms with Gasteiger partial charge >= 0.3 is 19.7 Å². The lowest BCUT2D eigenvalue weighted by atomic mass is 9.92. The lowest BCUT2D eigenvalue weighted by Crippen LogP contribution is -2.43. The van der Waals surface area contributed by atoms with Crippen molar-refractivity contribution in [2.45, 2.75) is 128 Å². The number of para-hydroxylation sites is 1. The summed E-state index contributed by atoms with van der Waals surface area (Å²) in [6.07, 6.45) is 7.23. The van der Waals surface area contributed by atoms with E-state index in [0.717, 1.165) is 32.1 Å². The number of aromatic nitrogens is 3. The van der Waals surface area contributed by atoms with Crippen LogP contribution in [0.15, 0.2) is 48.8 Å². The molecule has 1 aliphatic heterocycles. The maximum atomic E-state index is 14.4. The van der Waals surface area contributed by atoms with Crippen molar-refractivity contribution < 1.29 is 47.3 Å². The molecule has 0 radical (unpaired) electrons. The summed E-state index contributed by atoms with van der Waals surface area (Å²) in [6, 6.07) is 12.1. The van der Waals surface area contributed by atoms with Gasteiger partial charge in [-0.25, -0.2) is 14.1 Å². The molecule has 2 aromatic heterocycles. The van der Waals surface area contributed by atoms with E-state index < -0.39 is 56.2 Å². The first kappa shape index (κ1) is 45.6. The SMILES string of the molecule is CCCCCCCCCCOCCC(=O)O[C@H]1[C@@H](O)[C@](C#N)(c2ccc3c(N)ncnn23)O[C@@H]1COP(=O)(N[C@H](C)C(=O)OCC(CC)CC)Oc1ccccc1. The summed E-state index contributed by atoms with van der Waals surface area (Å²) in [4.78, 5) is 30.2. The summed E-state index contributed by atoms with van der Waals surface area (Å²) in [7, 11) is -4.44. The predicted molar refractivity (Wildman–Crippen MR) is 212 cm³/mol. The number of nitriles is 1. The Labute approximate surface area is 335 Å². The summed E-state index contributed by atoms with van der Waals surface area (Å²) >= 11 is 0. The van der Waals surface area contributed by atoms with Crippen LogP contribution in [0.1, 0.15) is 104 Å². The number of fused-ring (bicyclic) bond motifs is 1. The van der Waals surface area contributed by atoms with Gasteiger partial charge in [0, 0.05) is 6.61 Å². The molecule has 4 rings (SSSR count). The minimum Gasteiger partial charge on any atom is -0.464 e. The van der Waals surface area contributed by atoms with Crippen molar-refractivity contribution in [2.75, 3.05) is 32.2 Å². The molecule has 0 saturated carbocycles. The zero-order chi connectivity index (χ0) is 41.3. The van der Waals surface area contributed by atoms with Crippen LogP contribution >= 0.6 is 7.75 Å². The fourth-order valence-electron chi connectivity index (χ4n) is 6.50. The number of unbranched alkanes of at least 4 members (excludes halogenated alkanes) is 7. The van der Waals surface area contributed by atoms with Gasteiger partial charge in [-0.2, -0.15) is 15.4 Å². The van der Waals surface area contributed by atoms with Crippen LogP contribution < -0.4 is 15.3 Å². The van der Waals surface area contributed by atoms with Crippen molar-refractivity contribution in [3.8, 4) is 11.8 Å².